The second-order valence-corrected chi connectivity index (χ2v) is 13.5. The van der Waals surface area contributed by atoms with Crippen molar-refractivity contribution in [2.45, 2.75) is 62.3 Å². The highest BCUT2D eigenvalue weighted by atomic mass is 35.5. The highest BCUT2D eigenvalue weighted by Gasteiger charge is 2.57. The quantitative estimate of drug-likeness (QED) is 0.168. The third kappa shape index (κ3) is 5.27. The van der Waals surface area contributed by atoms with Crippen LogP contribution in [0.4, 0.5) is 36.6 Å². The average molecular weight is 675 g/mol. The molecule has 0 unspecified atom stereocenters. The van der Waals surface area contributed by atoms with E-state index in [-0.39, 0.29) is 52.9 Å². The van der Waals surface area contributed by atoms with Crippen LogP contribution in [0.3, 0.4) is 0 Å². The van der Waals surface area contributed by atoms with Crippen molar-refractivity contribution in [1.29, 1.82) is 0 Å². The number of carbonyl (C=O) groups excluding carboxylic acids is 1. The molecule has 0 N–H and O–H groups in total. The van der Waals surface area contributed by atoms with Crippen molar-refractivity contribution >= 4 is 46.0 Å². The number of amides is 1. The number of nitrogens with zero attached hydrogens (tertiary/aromatic N) is 4. The molecule has 240 valence electrons. The highest BCUT2D eigenvalue weighted by molar-refractivity contribution is 7.99. The molecule has 1 spiro atoms. The van der Waals surface area contributed by atoms with Gasteiger partial charge in [0.25, 0.3) is 0 Å². The summed E-state index contributed by atoms with van der Waals surface area (Å²) in [5.41, 5.74) is -4.63. The zero-order valence-electron chi connectivity index (χ0n) is 24.0. The summed E-state index contributed by atoms with van der Waals surface area (Å²) in [5.74, 6) is -6.02. The molecule has 2 fully saturated rings. The third-order valence-corrected chi connectivity index (χ3v) is 10.4. The van der Waals surface area contributed by atoms with Crippen molar-refractivity contribution in [1.82, 2.24) is 14.5 Å². The number of thioether (sulfide) groups is 1. The van der Waals surface area contributed by atoms with E-state index in [2.05, 4.69) is 11.6 Å². The number of aromatic nitrogens is 2. The standard InChI is InChI=1S/C30H26ClF7N4O2S/c1-4-22(43)42-14(2)8-40(9-15(42)3)26-17-5-18(30(36,37)38)23(16-6-19(31)21(33)7-20(16)32)25-24(17)41(27(44)39-26)12-28(13-45-25)10-29(34,35)11-28/h4-7,14-15H,1,8-13H2,2-3H3/t14-,15+. The van der Waals surface area contributed by atoms with Crippen molar-refractivity contribution in [2.24, 2.45) is 5.41 Å². The number of hydrogen-bond donors (Lipinski definition) is 0. The van der Waals surface area contributed by atoms with Crippen LogP contribution >= 0.6 is 23.4 Å². The Morgan fingerprint density at radius 2 is 1.76 bits per heavy atom. The molecule has 6 nitrogen and oxygen atoms in total. The maximum Gasteiger partial charge on any atom is 0.417 e. The van der Waals surface area contributed by atoms with Gasteiger partial charge < -0.3 is 9.80 Å². The van der Waals surface area contributed by atoms with Gasteiger partial charge in [-0.2, -0.15) is 18.2 Å². The number of halogens is 8. The minimum Gasteiger partial charge on any atom is -0.352 e. The summed E-state index contributed by atoms with van der Waals surface area (Å²) in [4.78, 5) is 33.4. The fourth-order valence-electron chi connectivity index (χ4n) is 7.03. The summed E-state index contributed by atoms with van der Waals surface area (Å²) in [6, 6.07) is 1.01. The van der Waals surface area contributed by atoms with Gasteiger partial charge in [-0.15, -0.1) is 11.8 Å². The van der Waals surface area contributed by atoms with Gasteiger partial charge in [-0.25, -0.2) is 22.4 Å². The van der Waals surface area contributed by atoms with Crippen LogP contribution in [-0.4, -0.2) is 57.2 Å². The Kier molecular flexibility index (Phi) is 7.50. The van der Waals surface area contributed by atoms with E-state index >= 15 is 4.39 Å². The minimum absolute atomic E-state index is 0.0187. The number of alkyl halides is 5. The van der Waals surface area contributed by atoms with E-state index in [9.17, 15) is 35.9 Å². The lowest BCUT2D eigenvalue weighted by Gasteiger charge is -2.46. The summed E-state index contributed by atoms with van der Waals surface area (Å²) in [7, 11) is 0. The molecule has 1 saturated heterocycles. The maximum atomic E-state index is 15.3. The number of anilines is 1. The Morgan fingerprint density at radius 1 is 1.11 bits per heavy atom. The lowest BCUT2D eigenvalue weighted by Crippen LogP contribution is -2.58. The lowest BCUT2D eigenvalue weighted by atomic mass is 9.67. The summed E-state index contributed by atoms with van der Waals surface area (Å²) in [6.07, 6.45) is -5.10. The van der Waals surface area contributed by atoms with Gasteiger partial charge in [-0.1, -0.05) is 18.2 Å². The van der Waals surface area contributed by atoms with E-state index in [0.717, 1.165) is 34.5 Å². The van der Waals surface area contributed by atoms with E-state index in [1.807, 2.05) is 0 Å². The Balaban J connectivity index is 1.66. The zero-order chi connectivity index (χ0) is 32.8. The SMILES string of the molecule is C=CC(=O)N1[C@H](C)CN(c2nc(=O)n3c4c(c(-c5cc(Cl)c(F)cc5F)c(C(F)(F)F)cc24)SCC2(C3)CC(F)(F)C2)C[C@@H]1C. The summed E-state index contributed by atoms with van der Waals surface area (Å²) in [6.45, 7) is 6.98. The van der Waals surface area contributed by atoms with Crippen molar-refractivity contribution < 1.29 is 35.5 Å². The topological polar surface area (TPSA) is 58.4 Å². The second-order valence-electron chi connectivity index (χ2n) is 12.1. The molecule has 6 rings (SSSR count). The fourth-order valence-corrected chi connectivity index (χ4v) is 8.66. The molecule has 1 aromatic heterocycles. The van der Waals surface area contributed by atoms with Crippen LogP contribution in [0.2, 0.25) is 5.02 Å². The fraction of sp³-hybridized carbons (Fsp3) is 0.433. The Hall–Kier alpha value is -3.26. The van der Waals surface area contributed by atoms with E-state index in [1.54, 1.807) is 23.6 Å². The molecule has 2 aromatic carbocycles. The number of benzene rings is 2. The van der Waals surface area contributed by atoms with E-state index in [1.165, 1.54) is 0 Å². The monoisotopic (exact) mass is 674 g/mol. The van der Waals surface area contributed by atoms with Gasteiger partial charge in [0.05, 0.1) is 16.1 Å². The van der Waals surface area contributed by atoms with Gasteiger partial charge in [-0.05, 0) is 32.1 Å². The second kappa shape index (κ2) is 10.6. The van der Waals surface area contributed by atoms with Crippen molar-refractivity contribution in [3.05, 3.63) is 63.6 Å². The van der Waals surface area contributed by atoms with E-state index < -0.39 is 81.5 Å². The van der Waals surface area contributed by atoms with Gasteiger partial charge in [0.15, 0.2) is 0 Å². The van der Waals surface area contributed by atoms with Crippen molar-refractivity contribution in [2.75, 3.05) is 23.7 Å². The minimum atomic E-state index is -5.07. The largest absolute Gasteiger partial charge is 0.417 e. The normalized spacial score (nSPS) is 22.4. The molecule has 3 aliphatic rings. The van der Waals surface area contributed by atoms with Gasteiger partial charge in [-0.3, -0.25) is 9.36 Å². The Bertz CT molecular complexity index is 1810. The molecule has 3 aromatic rings. The van der Waals surface area contributed by atoms with E-state index in [0.29, 0.717) is 6.07 Å². The molecule has 1 aliphatic carbocycles. The van der Waals surface area contributed by atoms with Gasteiger partial charge in [0.1, 0.15) is 17.5 Å². The zero-order valence-corrected chi connectivity index (χ0v) is 25.5. The smallest absolute Gasteiger partial charge is 0.352 e. The molecule has 3 heterocycles. The summed E-state index contributed by atoms with van der Waals surface area (Å²) < 4.78 is 104. The third-order valence-electron chi connectivity index (χ3n) is 8.71. The average Bonchev–Trinajstić information content (AvgIpc) is 3.09. The van der Waals surface area contributed by atoms with Crippen LogP contribution in [0.25, 0.3) is 22.0 Å². The molecule has 0 bridgehead atoms. The maximum absolute atomic E-state index is 15.3. The Labute approximate surface area is 261 Å². The molecule has 2 atom stereocenters. The van der Waals surface area contributed by atoms with Gasteiger partial charge in [0, 0.05) is 83.2 Å². The first-order valence-electron chi connectivity index (χ1n) is 14.0. The lowest BCUT2D eigenvalue weighted by molar-refractivity contribution is -0.156. The number of rotatable bonds is 3. The predicted octanol–water partition coefficient (Wildman–Crippen LogP) is 7.15. The molecule has 0 radical (unpaired) electrons. The van der Waals surface area contributed by atoms with Crippen LogP contribution in [-0.2, 0) is 17.5 Å². The highest BCUT2D eigenvalue weighted by Crippen LogP contribution is 2.58. The van der Waals surface area contributed by atoms with Crippen LogP contribution < -0.4 is 10.6 Å². The molecule has 1 amide bonds. The number of hydrogen-bond acceptors (Lipinski definition) is 5. The first-order valence-corrected chi connectivity index (χ1v) is 15.4. The predicted molar refractivity (Wildman–Crippen MR) is 157 cm³/mol. The van der Waals surface area contributed by atoms with Crippen LogP contribution in [0, 0.1) is 17.0 Å². The summed E-state index contributed by atoms with van der Waals surface area (Å²) >= 11 is 6.73. The number of piperazine rings is 1. The number of carbonyl (C=O) groups is 1. The molecule has 45 heavy (non-hydrogen) atoms. The molecular formula is C30H26ClF7N4O2S. The Morgan fingerprint density at radius 3 is 2.33 bits per heavy atom. The van der Waals surface area contributed by atoms with Gasteiger partial charge in [0.2, 0.25) is 11.8 Å². The van der Waals surface area contributed by atoms with Crippen LogP contribution in [0.1, 0.15) is 32.3 Å². The molecular weight excluding hydrogens is 649 g/mol. The first-order chi connectivity index (χ1) is 20.9. The van der Waals surface area contributed by atoms with Gasteiger partial charge >= 0.3 is 11.9 Å². The summed E-state index contributed by atoms with van der Waals surface area (Å²) in [5, 5.41) is -0.712. The van der Waals surface area contributed by atoms with Crippen LogP contribution in [0.15, 0.2) is 40.5 Å². The molecule has 1 saturated carbocycles. The molecule has 2 aliphatic heterocycles. The van der Waals surface area contributed by atoms with E-state index in [4.69, 9.17) is 11.6 Å². The van der Waals surface area contributed by atoms with Crippen molar-refractivity contribution in [3.8, 4) is 11.1 Å². The molecule has 15 heteroatoms. The first kappa shape index (κ1) is 31.7. The van der Waals surface area contributed by atoms with Crippen LogP contribution in [0.5, 0.6) is 0 Å². The van der Waals surface area contributed by atoms with Crippen molar-refractivity contribution in [3.63, 3.8) is 0 Å².